The maximum Gasteiger partial charge on any atom is 0.356 e. The van der Waals surface area contributed by atoms with Crippen molar-refractivity contribution < 1.29 is 23.5 Å². The standard InChI is InChI=1S/C22H25FN4O4/c1-3-18-20(28)26-17-10-13(11-24-21(17)31-18)12-27-8-6-14(7-9-27)15-4-5-16(22(29)30-2)25-19(15)23/h4-5,10-11,14,18H,3,6-9,12H2,1-2H3,(H,26,28). The predicted molar refractivity (Wildman–Crippen MR) is 110 cm³/mol. The monoisotopic (exact) mass is 428 g/mol. The van der Waals surface area contributed by atoms with Gasteiger partial charge in [0.25, 0.3) is 5.91 Å². The highest BCUT2D eigenvalue weighted by Gasteiger charge is 2.28. The van der Waals surface area contributed by atoms with E-state index in [0.29, 0.717) is 30.1 Å². The molecule has 0 aliphatic carbocycles. The van der Waals surface area contributed by atoms with Crippen molar-refractivity contribution in [3.8, 4) is 5.88 Å². The minimum atomic E-state index is -0.647. The van der Waals surface area contributed by atoms with E-state index in [0.717, 1.165) is 31.5 Å². The molecule has 0 aromatic carbocycles. The van der Waals surface area contributed by atoms with Gasteiger partial charge < -0.3 is 14.8 Å². The van der Waals surface area contributed by atoms with Gasteiger partial charge in [-0.15, -0.1) is 0 Å². The third-order valence-electron chi connectivity index (χ3n) is 5.79. The van der Waals surface area contributed by atoms with E-state index >= 15 is 0 Å². The van der Waals surface area contributed by atoms with Crippen molar-refractivity contribution in [3.63, 3.8) is 0 Å². The molecule has 9 heteroatoms. The Kier molecular flexibility index (Phi) is 6.13. The smallest absolute Gasteiger partial charge is 0.356 e. The molecule has 1 amide bonds. The van der Waals surface area contributed by atoms with Crippen molar-refractivity contribution in [1.29, 1.82) is 0 Å². The molecule has 164 valence electrons. The van der Waals surface area contributed by atoms with Crippen LogP contribution in [-0.4, -0.2) is 53.0 Å². The van der Waals surface area contributed by atoms with Crippen LogP contribution in [0.5, 0.6) is 5.88 Å². The summed E-state index contributed by atoms with van der Waals surface area (Å²) in [5.41, 5.74) is 2.09. The zero-order valence-electron chi connectivity index (χ0n) is 17.6. The van der Waals surface area contributed by atoms with Crippen molar-refractivity contribution in [3.05, 3.63) is 47.2 Å². The number of likely N-dealkylation sites (tertiary alicyclic amines) is 1. The fraction of sp³-hybridized carbons (Fsp3) is 0.455. The number of nitrogens with one attached hydrogen (secondary N) is 1. The van der Waals surface area contributed by atoms with Gasteiger partial charge in [0.2, 0.25) is 11.8 Å². The summed E-state index contributed by atoms with van der Waals surface area (Å²) in [6, 6.07) is 5.04. The summed E-state index contributed by atoms with van der Waals surface area (Å²) in [4.78, 5) is 33.9. The molecule has 2 aliphatic heterocycles. The summed E-state index contributed by atoms with van der Waals surface area (Å²) in [5.74, 6) is -0.904. The third kappa shape index (κ3) is 4.51. The van der Waals surface area contributed by atoms with E-state index in [1.54, 1.807) is 12.3 Å². The molecule has 4 rings (SSSR count). The Labute approximate surface area is 179 Å². The number of halogens is 1. The molecular formula is C22H25FN4O4. The highest BCUT2D eigenvalue weighted by molar-refractivity contribution is 5.97. The first-order valence-electron chi connectivity index (χ1n) is 10.4. The van der Waals surface area contributed by atoms with E-state index in [9.17, 15) is 14.0 Å². The number of aromatic nitrogens is 2. The second kappa shape index (κ2) is 8.97. The van der Waals surface area contributed by atoms with E-state index in [4.69, 9.17) is 4.74 Å². The molecule has 2 aromatic rings. The number of carbonyl (C=O) groups is 2. The Morgan fingerprint density at radius 1 is 1.35 bits per heavy atom. The maximum atomic E-state index is 14.4. The van der Waals surface area contributed by atoms with E-state index in [1.807, 2.05) is 13.0 Å². The second-order valence-corrected chi connectivity index (χ2v) is 7.82. The Balaban J connectivity index is 1.36. The number of ether oxygens (including phenoxy) is 2. The number of methoxy groups -OCH3 is 1. The van der Waals surface area contributed by atoms with Crippen LogP contribution in [0.4, 0.5) is 10.1 Å². The molecule has 1 unspecified atom stereocenters. The highest BCUT2D eigenvalue weighted by atomic mass is 19.1. The van der Waals surface area contributed by atoms with Gasteiger partial charge in [-0.2, -0.15) is 4.39 Å². The lowest BCUT2D eigenvalue weighted by atomic mass is 9.90. The normalized spacial score (nSPS) is 19.3. The number of anilines is 1. The Morgan fingerprint density at radius 2 is 2.13 bits per heavy atom. The zero-order chi connectivity index (χ0) is 22.0. The minimum Gasteiger partial charge on any atom is -0.464 e. The summed E-state index contributed by atoms with van der Waals surface area (Å²) in [5, 5.41) is 2.86. The molecule has 0 bridgehead atoms. The summed E-state index contributed by atoms with van der Waals surface area (Å²) < 4.78 is 24.7. The number of hydrogen-bond acceptors (Lipinski definition) is 7. The lowest BCUT2D eigenvalue weighted by molar-refractivity contribution is -0.123. The van der Waals surface area contributed by atoms with Crippen LogP contribution in [0.3, 0.4) is 0 Å². The molecule has 1 fully saturated rings. The van der Waals surface area contributed by atoms with Gasteiger partial charge in [-0.3, -0.25) is 9.69 Å². The molecule has 4 heterocycles. The van der Waals surface area contributed by atoms with Gasteiger partial charge >= 0.3 is 5.97 Å². The van der Waals surface area contributed by atoms with Crippen LogP contribution in [0, 0.1) is 5.95 Å². The molecule has 0 radical (unpaired) electrons. The minimum absolute atomic E-state index is 0.0255. The van der Waals surface area contributed by atoms with Crippen LogP contribution in [-0.2, 0) is 16.1 Å². The summed E-state index contributed by atoms with van der Waals surface area (Å²) in [6.07, 6.45) is 3.43. The first-order valence-corrected chi connectivity index (χ1v) is 10.4. The van der Waals surface area contributed by atoms with Crippen LogP contribution in [0.2, 0.25) is 0 Å². The first-order chi connectivity index (χ1) is 15.0. The number of carbonyl (C=O) groups excluding carboxylic acids is 2. The van der Waals surface area contributed by atoms with Crippen molar-refractivity contribution in [2.75, 3.05) is 25.5 Å². The van der Waals surface area contributed by atoms with Crippen LogP contribution < -0.4 is 10.1 Å². The number of pyridine rings is 2. The maximum absolute atomic E-state index is 14.4. The summed E-state index contributed by atoms with van der Waals surface area (Å²) in [7, 11) is 1.24. The van der Waals surface area contributed by atoms with Crippen molar-refractivity contribution >= 4 is 17.6 Å². The van der Waals surface area contributed by atoms with Crippen LogP contribution >= 0.6 is 0 Å². The van der Waals surface area contributed by atoms with Crippen molar-refractivity contribution in [2.24, 2.45) is 0 Å². The fourth-order valence-electron chi connectivity index (χ4n) is 4.06. The van der Waals surface area contributed by atoms with E-state index in [1.165, 1.54) is 13.2 Å². The lowest BCUT2D eigenvalue weighted by Gasteiger charge is -2.32. The quantitative estimate of drug-likeness (QED) is 0.578. The third-order valence-corrected chi connectivity index (χ3v) is 5.79. The zero-order valence-corrected chi connectivity index (χ0v) is 17.6. The molecular weight excluding hydrogens is 403 g/mol. The Bertz CT molecular complexity index is 991. The van der Waals surface area contributed by atoms with E-state index in [-0.39, 0.29) is 17.5 Å². The molecule has 1 N–H and O–H groups in total. The van der Waals surface area contributed by atoms with Gasteiger partial charge in [0, 0.05) is 18.3 Å². The van der Waals surface area contributed by atoms with Gasteiger partial charge in [0.1, 0.15) is 5.69 Å². The largest absolute Gasteiger partial charge is 0.464 e. The molecule has 0 saturated carbocycles. The Hall–Kier alpha value is -3.07. The van der Waals surface area contributed by atoms with Crippen LogP contribution in [0.15, 0.2) is 24.4 Å². The number of amides is 1. The molecule has 2 aliphatic rings. The SMILES string of the molecule is CCC1Oc2ncc(CN3CCC(c4ccc(C(=O)OC)nc4F)CC3)cc2NC1=O. The first kappa shape index (κ1) is 21.2. The molecule has 0 spiro atoms. The predicted octanol–water partition coefficient (Wildman–Crippen LogP) is 2.89. The molecule has 2 aromatic heterocycles. The number of piperidine rings is 1. The average Bonchev–Trinajstić information content (AvgIpc) is 2.78. The van der Waals surface area contributed by atoms with Gasteiger partial charge in [-0.25, -0.2) is 14.8 Å². The fourth-order valence-corrected chi connectivity index (χ4v) is 4.06. The summed E-state index contributed by atoms with van der Waals surface area (Å²) >= 11 is 0. The van der Waals surface area contributed by atoms with E-state index < -0.39 is 18.0 Å². The van der Waals surface area contributed by atoms with Gasteiger partial charge in [0.05, 0.1) is 7.11 Å². The highest BCUT2D eigenvalue weighted by Crippen LogP contribution is 2.32. The van der Waals surface area contributed by atoms with Crippen LogP contribution in [0.1, 0.15) is 53.7 Å². The van der Waals surface area contributed by atoms with Crippen LogP contribution in [0.25, 0.3) is 0 Å². The molecule has 31 heavy (non-hydrogen) atoms. The number of fused-ring (bicyclic) bond motifs is 1. The van der Waals surface area contributed by atoms with Crippen molar-refractivity contribution in [1.82, 2.24) is 14.9 Å². The topological polar surface area (TPSA) is 93.7 Å². The Morgan fingerprint density at radius 3 is 2.81 bits per heavy atom. The van der Waals surface area contributed by atoms with Crippen molar-refractivity contribution in [2.45, 2.75) is 44.8 Å². The molecule has 8 nitrogen and oxygen atoms in total. The molecule has 1 atom stereocenters. The number of nitrogens with zero attached hydrogens (tertiary/aromatic N) is 3. The summed E-state index contributed by atoms with van der Waals surface area (Å²) in [6.45, 7) is 4.16. The average molecular weight is 428 g/mol. The lowest BCUT2D eigenvalue weighted by Crippen LogP contribution is -2.37. The van der Waals surface area contributed by atoms with Gasteiger partial charge in [-0.05, 0) is 56.0 Å². The van der Waals surface area contributed by atoms with Gasteiger partial charge in [-0.1, -0.05) is 13.0 Å². The van der Waals surface area contributed by atoms with Gasteiger partial charge in [0.15, 0.2) is 11.8 Å². The number of esters is 1. The number of hydrogen-bond donors (Lipinski definition) is 1. The number of rotatable bonds is 5. The molecule has 1 saturated heterocycles. The van der Waals surface area contributed by atoms with E-state index in [2.05, 4.69) is 24.9 Å². The second-order valence-electron chi connectivity index (χ2n) is 7.82.